The highest BCUT2D eigenvalue weighted by Gasteiger charge is 2.13. The van der Waals surface area contributed by atoms with Gasteiger partial charge in [-0.3, -0.25) is 4.68 Å². The summed E-state index contributed by atoms with van der Waals surface area (Å²) in [5.41, 5.74) is 1.79. The average Bonchev–Trinajstić information content (AvgIpc) is 2.61. The molecule has 1 aromatic carbocycles. The lowest BCUT2D eigenvalue weighted by atomic mass is 10.1. The molecule has 2 rings (SSSR count). The van der Waals surface area contributed by atoms with E-state index in [1.165, 1.54) is 19.1 Å². The molecule has 0 aliphatic rings. The Labute approximate surface area is 121 Å². The lowest BCUT2D eigenvalue weighted by molar-refractivity contribution is 0.194. The van der Waals surface area contributed by atoms with E-state index in [1.54, 1.807) is 17.8 Å². The molecular weight excluding hydrogens is 283 g/mol. The molecule has 1 aromatic heterocycles. The number of halogens is 2. The van der Waals surface area contributed by atoms with Gasteiger partial charge in [0.25, 0.3) is 0 Å². The summed E-state index contributed by atoms with van der Waals surface area (Å²) in [6, 6.07) is 4.37. The van der Waals surface area contributed by atoms with E-state index in [4.69, 9.17) is 16.3 Å². The Balaban J connectivity index is 2.13. The first-order chi connectivity index (χ1) is 9.40. The summed E-state index contributed by atoms with van der Waals surface area (Å²) in [4.78, 5) is 0. The van der Waals surface area contributed by atoms with Gasteiger partial charge in [0.05, 0.1) is 11.8 Å². The normalized spacial score (nSPS) is 12.5. The summed E-state index contributed by atoms with van der Waals surface area (Å²) in [5.74, 6) is -0.113. The predicted octanol–water partition coefficient (Wildman–Crippen LogP) is 3.15. The van der Waals surface area contributed by atoms with Gasteiger partial charge in [0.1, 0.15) is 23.3 Å². The Hall–Kier alpha value is -1.59. The van der Waals surface area contributed by atoms with Crippen LogP contribution < -0.4 is 4.74 Å². The minimum absolute atomic E-state index is 0.214. The molecule has 0 bridgehead atoms. The van der Waals surface area contributed by atoms with Crippen molar-refractivity contribution in [2.45, 2.75) is 26.6 Å². The monoisotopic (exact) mass is 298 g/mol. The van der Waals surface area contributed by atoms with E-state index in [-0.39, 0.29) is 12.2 Å². The van der Waals surface area contributed by atoms with Crippen LogP contribution in [0, 0.1) is 12.7 Å². The maximum Gasteiger partial charge on any atom is 0.133 e. The first-order valence-electron chi connectivity index (χ1n) is 6.18. The molecule has 0 aliphatic heterocycles. The minimum atomic E-state index is -0.848. The van der Waals surface area contributed by atoms with E-state index < -0.39 is 11.9 Å². The third-order valence-electron chi connectivity index (χ3n) is 3.08. The second-order valence-corrected chi connectivity index (χ2v) is 4.98. The molecular formula is C14H16ClFN2O2. The second kappa shape index (κ2) is 5.81. The van der Waals surface area contributed by atoms with Crippen LogP contribution in [-0.2, 0) is 13.7 Å². The Bertz CT molecular complexity index is 626. The van der Waals surface area contributed by atoms with E-state index >= 15 is 0 Å². The summed E-state index contributed by atoms with van der Waals surface area (Å²) in [6.45, 7) is 3.56. The van der Waals surface area contributed by atoms with E-state index in [0.717, 1.165) is 11.3 Å². The summed E-state index contributed by atoms with van der Waals surface area (Å²) in [5, 5.41) is 14.0. The first kappa shape index (κ1) is 14.8. The summed E-state index contributed by atoms with van der Waals surface area (Å²) >= 11 is 6.09. The molecule has 0 saturated carbocycles. The molecule has 0 amide bonds. The van der Waals surface area contributed by atoms with Gasteiger partial charge in [-0.05, 0) is 26.0 Å². The number of ether oxygens (including phenoxy) is 1. The Morgan fingerprint density at radius 2 is 2.20 bits per heavy atom. The Morgan fingerprint density at radius 1 is 1.50 bits per heavy atom. The number of benzene rings is 1. The van der Waals surface area contributed by atoms with Gasteiger partial charge >= 0.3 is 0 Å². The lowest BCUT2D eigenvalue weighted by Gasteiger charge is -2.10. The van der Waals surface area contributed by atoms with Gasteiger partial charge in [-0.15, -0.1) is 0 Å². The number of aliphatic hydroxyl groups is 1. The van der Waals surface area contributed by atoms with E-state index in [1.807, 2.05) is 6.92 Å². The number of nitrogens with zero attached hydrogens (tertiary/aromatic N) is 2. The van der Waals surface area contributed by atoms with Crippen LogP contribution in [0.2, 0.25) is 5.15 Å². The molecule has 6 heteroatoms. The van der Waals surface area contributed by atoms with Crippen molar-refractivity contribution in [1.29, 1.82) is 0 Å². The number of hydrogen-bond donors (Lipinski definition) is 1. The molecule has 4 nitrogen and oxygen atoms in total. The number of rotatable bonds is 4. The van der Waals surface area contributed by atoms with Crippen molar-refractivity contribution in [3.63, 3.8) is 0 Å². The highest BCUT2D eigenvalue weighted by atomic mass is 35.5. The van der Waals surface area contributed by atoms with Crippen molar-refractivity contribution in [1.82, 2.24) is 9.78 Å². The van der Waals surface area contributed by atoms with Gasteiger partial charge in [0.15, 0.2) is 0 Å². The van der Waals surface area contributed by atoms with Gasteiger partial charge in [0, 0.05) is 24.2 Å². The van der Waals surface area contributed by atoms with Gasteiger partial charge in [-0.1, -0.05) is 11.6 Å². The molecule has 0 spiro atoms. The van der Waals surface area contributed by atoms with Gasteiger partial charge in [-0.2, -0.15) is 5.10 Å². The fourth-order valence-electron chi connectivity index (χ4n) is 1.93. The molecule has 1 heterocycles. The highest BCUT2D eigenvalue weighted by Crippen LogP contribution is 2.24. The molecule has 0 radical (unpaired) electrons. The van der Waals surface area contributed by atoms with Crippen molar-refractivity contribution >= 4 is 11.6 Å². The Morgan fingerprint density at radius 3 is 2.70 bits per heavy atom. The van der Waals surface area contributed by atoms with Crippen LogP contribution in [0.3, 0.4) is 0 Å². The van der Waals surface area contributed by atoms with Crippen LogP contribution in [0.25, 0.3) is 0 Å². The summed E-state index contributed by atoms with van der Waals surface area (Å²) in [6.07, 6.45) is -0.848. The molecule has 1 unspecified atom stereocenters. The number of hydrogen-bond acceptors (Lipinski definition) is 3. The van der Waals surface area contributed by atoms with Crippen molar-refractivity contribution in [3.05, 3.63) is 46.0 Å². The third-order valence-corrected chi connectivity index (χ3v) is 3.55. The second-order valence-electron chi connectivity index (χ2n) is 4.63. The van der Waals surface area contributed by atoms with Crippen molar-refractivity contribution in [2.75, 3.05) is 0 Å². The van der Waals surface area contributed by atoms with Gasteiger partial charge in [0.2, 0.25) is 0 Å². The summed E-state index contributed by atoms with van der Waals surface area (Å²) in [7, 11) is 1.75. The molecule has 1 atom stereocenters. The van der Waals surface area contributed by atoms with Gasteiger partial charge in [-0.25, -0.2) is 4.39 Å². The molecule has 2 aromatic rings. The first-order valence-corrected chi connectivity index (χ1v) is 6.56. The summed E-state index contributed by atoms with van der Waals surface area (Å²) < 4.78 is 20.8. The fourth-order valence-corrected chi connectivity index (χ4v) is 2.16. The van der Waals surface area contributed by atoms with Crippen molar-refractivity contribution < 1.29 is 14.2 Å². The smallest absolute Gasteiger partial charge is 0.133 e. The largest absolute Gasteiger partial charge is 0.489 e. The highest BCUT2D eigenvalue weighted by molar-refractivity contribution is 6.30. The van der Waals surface area contributed by atoms with Gasteiger partial charge < -0.3 is 9.84 Å². The van der Waals surface area contributed by atoms with Crippen molar-refractivity contribution in [3.8, 4) is 5.75 Å². The predicted molar refractivity (Wildman–Crippen MR) is 74.3 cm³/mol. The number of aliphatic hydroxyl groups excluding tert-OH is 1. The lowest BCUT2D eigenvalue weighted by Crippen LogP contribution is -2.00. The zero-order valence-corrected chi connectivity index (χ0v) is 12.3. The van der Waals surface area contributed by atoms with E-state index in [9.17, 15) is 9.50 Å². The zero-order valence-electron chi connectivity index (χ0n) is 11.5. The maximum atomic E-state index is 13.7. The fraction of sp³-hybridized carbons (Fsp3) is 0.357. The number of aryl methyl sites for hydroxylation is 2. The standard InChI is InChI=1S/C14H16ClFN2O2/c1-8-12(14(15)18(3)17-8)7-20-10-4-5-11(9(2)19)13(16)6-10/h4-6,9,19H,7H2,1-3H3. The van der Waals surface area contributed by atoms with Crippen LogP contribution >= 0.6 is 11.6 Å². The Kier molecular flexibility index (Phi) is 4.30. The van der Waals surface area contributed by atoms with Crippen LogP contribution in [0.4, 0.5) is 4.39 Å². The van der Waals surface area contributed by atoms with Crippen LogP contribution in [0.5, 0.6) is 5.75 Å². The van der Waals surface area contributed by atoms with Crippen molar-refractivity contribution in [2.24, 2.45) is 7.05 Å². The van der Waals surface area contributed by atoms with E-state index in [2.05, 4.69) is 5.10 Å². The quantitative estimate of drug-likeness (QED) is 0.943. The molecule has 0 aliphatic carbocycles. The minimum Gasteiger partial charge on any atom is -0.489 e. The third kappa shape index (κ3) is 2.94. The van der Waals surface area contributed by atoms with Crippen LogP contribution in [0.15, 0.2) is 18.2 Å². The molecule has 0 saturated heterocycles. The molecule has 108 valence electrons. The van der Waals surface area contributed by atoms with E-state index in [0.29, 0.717) is 10.9 Å². The maximum absolute atomic E-state index is 13.7. The van der Waals surface area contributed by atoms with Crippen LogP contribution in [-0.4, -0.2) is 14.9 Å². The SMILES string of the molecule is Cc1nn(C)c(Cl)c1COc1ccc(C(C)O)c(F)c1. The zero-order chi connectivity index (χ0) is 14.9. The molecule has 1 N–H and O–H groups in total. The molecule has 0 fully saturated rings. The van der Waals surface area contributed by atoms with Crippen LogP contribution in [0.1, 0.15) is 29.8 Å². The topological polar surface area (TPSA) is 47.3 Å². The average molecular weight is 299 g/mol. The number of aromatic nitrogens is 2. The molecule has 20 heavy (non-hydrogen) atoms.